The summed E-state index contributed by atoms with van der Waals surface area (Å²) < 4.78 is 15.5. The molecule has 3 aromatic carbocycles. The normalized spacial score (nSPS) is 14.7. The predicted octanol–water partition coefficient (Wildman–Crippen LogP) is 6.90. The van der Waals surface area contributed by atoms with E-state index in [0.717, 1.165) is 50.5 Å². The maximum atomic E-state index is 13.4. The zero-order valence-electron chi connectivity index (χ0n) is 19.2. The second-order valence-corrected chi connectivity index (χ2v) is 9.78. The SMILES string of the molecule is Cc1c(C=C2SC(=O)N(Cc3ccc(F)cc3Cl)C2=O)c2ccccc2n1Cc1ccccc1C#N. The number of benzene rings is 3. The molecule has 1 aliphatic heterocycles. The molecule has 2 heterocycles. The zero-order chi connectivity index (χ0) is 25.4. The van der Waals surface area contributed by atoms with Gasteiger partial charge in [-0.15, -0.1) is 0 Å². The summed E-state index contributed by atoms with van der Waals surface area (Å²) in [7, 11) is 0. The summed E-state index contributed by atoms with van der Waals surface area (Å²) in [5.41, 5.74) is 4.71. The van der Waals surface area contributed by atoms with E-state index >= 15 is 0 Å². The van der Waals surface area contributed by atoms with Crippen LogP contribution in [-0.2, 0) is 17.9 Å². The molecule has 0 atom stereocenters. The van der Waals surface area contributed by atoms with Gasteiger partial charge >= 0.3 is 0 Å². The van der Waals surface area contributed by atoms with Crippen LogP contribution in [0.1, 0.15) is 27.9 Å². The molecule has 0 bridgehead atoms. The largest absolute Gasteiger partial charge is 0.340 e. The number of amides is 2. The van der Waals surface area contributed by atoms with E-state index in [9.17, 15) is 19.2 Å². The first-order valence-corrected chi connectivity index (χ1v) is 12.3. The van der Waals surface area contributed by atoms with Crippen molar-refractivity contribution in [2.24, 2.45) is 0 Å². The van der Waals surface area contributed by atoms with E-state index in [0.29, 0.717) is 22.6 Å². The van der Waals surface area contributed by atoms with Crippen LogP contribution in [0.25, 0.3) is 17.0 Å². The summed E-state index contributed by atoms with van der Waals surface area (Å²) in [6, 6.07) is 21.4. The minimum Gasteiger partial charge on any atom is -0.340 e. The van der Waals surface area contributed by atoms with E-state index in [1.807, 2.05) is 49.4 Å². The van der Waals surface area contributed by atoms with Crippen molar-refractivity contribution in [1.82, 2.24) is 9.47 Å². The number of aromatic nitrogens is 1. The van der Waals surface area contributed by atoms with Crippen LogP contribution in [0.4, 0.5) is 9.18 Å². The lowest BCUT2D eigenvalue weighted by Gasteiger charge is -2.13. The third-order valence-electron chi connectivity index (χ3n) is 6.24. The van der Waals surface area contributed by atoms with Crippen LogP contribution in [0, 0.1) is 24.1 Å². The van der Waals surface area contributed by atoms with Gasteiger partial charge in [0, 0.05) is 33.7 Å². The number of hydrogen-bond acceptors (Lipinski definition) is 4. The van der Waals surface area contributed by atoms with Gasteiger partial charge in [0.2, 0.25) is 0 Å². The topological polar surface area (TPSA) is 66.1 Å². The van der Waals surface area contributed by atoms with Gasteiger partial charge in [-0.05, 0) is 60.2 Å². The third-order valence-corrected chi connectivity index (χ3v) is 7.50. The van der Waals surface area contributed by atoms with Crippen LogP contribution >= 0.6 is 23.4 Å². The quantitative estimate of drug-likeness (QED) is 0.271. The van der Waals surface area contributed by atoms with Gasteiger partial charge in [0.1, 0.15) is 5.82 Å². The fourth-order valence-electron chi connectivity index (χ4n) is 4.37. The number of carbonyl (C=O) groups excluding carboxylic acids is 2. The van der Waals surface area contributed by atoms with Crippen molar-refractivity contribution in [2.75, 3.05) is 0 Å². The van der Waals surface area contributed by atoms with Crippen LogP contribution in [0.2, 0.25) is 5.02 Å². The van der Waals surface area contributed by atoms with Gasteiger partial charge in [-0.1, -0.05) is 54.1 Å². The number of carbonyl (C=O) groups is 2. The molecule has 4 aromatic rings. The monoisotopic (exact) mass is 515 g/mol. The maximum absolute atomic E-state index is 13.4. The molecule has 0 spiro atoms. The van der Waals surface area contributed by atoms with E-state index in [2.05, 4.69) is 10.6 Å². The average molecular weight is 516 g/mol. The molecule has 1 aromatic heterocycles. The minimum atomic E-state index is -0.484. The number of hydrogen-bond donors (Lipinski definition) is 0. The van der Waals surface area contributed by atoms with Crippen molar-refractivity contribution in [1.29, 1.82) is 5.26 Å². The molecule has 178 valence electrons. The molecule has 8 heteroatoms. The Bertz CT molecular complexity index is 1620. The number of rotatable bonds is 5. The van der Waals surface area contributed by atoms with E-state index in [4.69, 9.17) is 11.6 Å². The van der Waals surface area contributed by atoms with Crippen LogP contribution in [0.15, 0.2) is 71.6 Å². The van der Waals surface area contributed by atoms with Gasteiger partial charge in [0.15, 0.2) is 0 Å². The van der Waals surface area contributed by atoms with E-state index in [1.54, 1.807) is 12.1 Å². The molecule has 5 rings (SSSR count). The smallest absolute Gasteiger partial charge is 0.293 e. The minimum absolute atomic E-state index is 0.0349. The summed E-state index contributed by atoms with van der Waals surface area (Å²) >= 11 is 6.98. The Balaban J connectivity index is 1.52. The molecule has 0 unspecified atom stereocenters. The summed E-state index contributed by atoms with van der Waals surface area (Å²) in [6.07, 6.45) is 1.75. The molecular formula is C28H19ClFN3O2S. The molecule has 1 saturated heterocycles. The summed E-state index contributed by atoms with van der Waals surface area (Å²) in [5, 5.41) is 10.2. The van der Waals surface area contributed by atoms with Gasteiger partial charge in [0.25, 0.3) is 11.1 Å². The first-order chi connectivity index (χ1) is 17.4. The van der Waals surface area contributed by atoms with Crippen LogP contribution < -0.4 is 0 Å². The molecule has 1 aliphatic rings. The lowest BCUT2D eigenvalue weighted by Crippen LogP contribution is -2.27. The summed E-state index contributed by atoms with van der Waals surface area (Å²) in [5.74, 6) is -0.904. The molecule has 0 saturated carbocycles. The average Bonchev–Trinajstić information content (AvgIpc) is 3.29. The van der Waals surface area contributed by atoms with Gasteiger partial charge in [-0.2, -0.15) is 5.26 Å². The van der Waals surface area contributed by atoms with Crippen molar-refractivity contribution in [3.05, 3.63) is 110 Å². The van der Waals surface area contributed by atoms with Crippen molar-refractivity contribution < 1.29 is 14.0 Å². The van der Waals surface area contributed by atoms with Crippen molar-refractivity contribution in [3.63, 3.8) is 0 Å². The first kappa shape index (κ1) is 23.9. The number of para-hydroxylation sites is 1. The fraction of sp³-hybridized carbons (Fsp3) is 0.107. The molecule has 5 nitrogen and oxygen atoms in total. The van der Waals surface area contributed by atoms with E-state index in [1.165, 1.54) is 12.1 Å². The second-order valence-electron chi connectivity index (χ2n) is 8.37. The second kappa shape index (κ2) is 9.65. The van der Waals surface area contributed by atoms with Crippen molar-refractivity contribution in [3.8, 4) is 6.07 Å². The van der Waals surface area contributed by atoms with Gasteiger partial charge in [-0.3, -0.25) is 14.5 Å². The molecule has 1 fully saturated rings. The van der Waals surface area contributed by atoms with Crippen LogP contribution in [0.5, 0.6) is 0 Å². The maximum Gasteiger partial charge on any atom is 0.293 e. The Morgan fingerprint density at radius 2 is 1.78 bits per heavy atom. The fourth-order valence-corrected chi connectivity index (χ4v) is 5.42. The predicted molar refractivity (Wildman–Crippen MR) is 140 cm³/mol. The van der Waals surface area contributed by atoms with E-state index in [-0.39, 0.29) is 11.6 Å². The summed E-state index contributed by atoms with van der Waals surface area (Å²) in [6.45, 7) is 2.42. The van der Waals surface area contributed by atoms with Crippen molar-refractivity contribution >= 4 is 51.5 Å². The Hall–Kier alpha value is -3.86. The lowest BCUT2D eigenvalue weighted by atomic mass is 10.1. The highest BCUT2D eigenvalue weighted by atomic mass is 35.5. The number of imide groups is 1. The molecule has 0 N–H and O–H groups in total. The third kappa shape index (κ3) is 4.30. The number of nitriles is 1. The number of halogens is 2. The Morgan fingerprint density at radius 1 is 1.03 bits per heavy atom. The Morgan fingerprint density at radius 3 is 2.56 bits per heavy atom. The Labute approximate surface area is 216 Å². The highest BCUT2D eigenvalue weighted by Gasteiger charge is 2.35. The molecule has 2 amide bonds. The lowest BCUT2D eigenvalue weighted by molar-refractivity contribution is -0.123. The summed E-state index contributed by atoms with van der Waals surface area (Å²) in [4.78, 5) is 27.3. The number of nitrogens with zero attached hydrogens (tertiary/aromatic N) is 3. The molecular weight excluding hydrogens is 497 g/mol. The number of fused-ring (bicyclic) bond motifs is 1. The van der Waals surface area contributed by atoms with Crippen LogP contribution in [0.3, 0.4) is 0 Å². The van der Waals surface area contributed by atoms with E-state index < -0.39 is 17.0 Å². The standard InChI is InChI=1S/C28H19ClFN3O2S/c1-17-23(13-26-27(34)33(28(35)36-26)16-20-10-11-21(30)12-24(20)29)22-8-4-5-9-25(22)32(17)15-19-7-3-2-6-18(19)14-31/h2-13H,15-16H2,1H3. The van der Waals surface area contributed by atoms with Crippen LogP contribution in [-0.4, -0.2) is 20.6 Å². The number of thioether (sulfide) groups is 1. The first-order valence-electron chi connectivity index (χ1n) is 11.1. The zero-order valence-corrected chi connectivity index (χ0v) is 20.7. The molecule has 0 radical (unpaired) electrons. The van der Waals surface area contributed by atoms with Crippen molar-refractivity contribution in [2.45, 2.75) is 20.0 Å². The Kier molecular flexibility index (Phi) is 6.40. The molecule has 0 aliphatic carbocycles. The van der Waals surface area contributed by atoms with Gasteiger partial charge in [0.05, 0.1) is 23.1 Å². The van der Waals surface area contributed by atoms with Gasteiger partial charge < -0.3 is 4.57 Å². The highest BCUT2D eigenvalue weighted by Crippen LogP contribution is 2.37. The highest BCUT2D eigenvalue weighted by molar-refractivity contribution is 8.18. The van der Waals surface area contributed by atoms with Gasteiger partial charge in [-0.25, -0.2) is 4.39 Å². The molecule has 36 heavy (non-hydrogen) atoms.